The highest BCUT2D eigenvalue weighted by atomic mass is 32.1. The number of benzene rings is 2. The number of anilines is 1. The van der Waals surface area contributed by atoms with Gasteiger partial charge in [0.2, 0.25) is 0 Å². The molecule has 4 aromatic rings. The Morgan fingerprint density at radius 3 is 2.94 bits per heavy atom. The van der Waals surface area contributed by atoms with Crippen molar-refractivity contribution < 1.29 is 4.79 Å². The smallest absolute Gasteiger partial charge is 0.266 e. The molecule has 2 aromatic heterocycles. The SMILES string of the molecule is Cc1ccsc1C(=O)Nc1cc(CN2CCNC[C@@H]2C)ccc1C=Cc1n[nH]c2ccccc12. The van der Waals surface area contributed by atoms with Gasteiger partial charge in [-0.2, -0.15) is 5.10 Å². The first kappa shape index (κ1) is 22.5. The average Bonchev–Trinajstić information content (AvgIpc) is 3.46. The number of nitrogens with one attached hydrogen (secondary N) is 3. The Bertz CT molecular complexity index is 1340. The molecule has 34 heavy (non-hydrogen) atoms. The Morgan fingerprint density at radius 2 is 2.12 bits per heavy atom. The molecule has 174 valence electrons. The summed E-state index contributed by atoms with van der Waals surface area (Å²) in [5.41, 5.74) is 5.83. The average molecular weight is 472 g/mol. The van der Waals surface area contributed by atoms with Crippen LogP contribution in [0, 0.1) is 6.92 Å². The molecule has 1 atom stereocenters. The Morgan fingerprint density at radius 1 is 1.24 bits per heavy atom. The molecule has 0 unspecified atom stereocenters. The summed E-state index contributed by atoms with van der Waals surface area (Å²) < 4.78 is 0. The van der Waals surface area contributed by atoms with E-state index in [1.54, 1.807) is 0 Å². The lowest BCUT2D eigenvalue weighted by atomic mass is 10.1. The second-order valence-corrected chi connectivity index (χ2v) is 9.74. The Balaban J connectivity index is 1.45. The van der Waals surface area contributed by atoms with E-state index in [9.17, 15) is 4.79 Å². The summed E-state index contributed by atoms with van der Waals surface area (Å²) in [6.07, 6.45) is 4.02. The van der Waals surface area contributed by atoms with E-state index < -0.39 is 0 Å². The molecule has 6 nitrogen and oxygen atoms in total. The highest BCUT2D eigenvalue weighted by Crippen LogP contribution is 2.26. The second-order valence-electron chi connectivity index (χ2n) is 8.82. The van der Waals surface area contributed by atoms with E-state index in [1.807, 2.05) is 48.7 Å². The van der Waals surface area contributed by atoms with Crippen LogP contribution < -0.4 is 10.6 Å². The quantitative estimate of drug-likeness (QED) is 0.364. The van der Waals surface area contributed by atoms with E-state index in [1.165, 1.54) is 16.9 Å². The molecule has 7 heteroatoms. The van der Waals surface area contributed by atoms with Crippen LogP contribution in [0.25, 0.3) is 23.1 Å². The Labute approximate surface area is 203 Å². The summed E-state index contributed by atoms with van der Waals surface area (Å²) in [4.78, 5) is 16.3. The van der Waals surface area contributed by atoms with Gasteiger partial charge in [0, 0.05) is 43.3 Å². The zero-order valence-corrected chi connectivity index (χ0v) is 20.3. The number of hydrogen-bond acceptors (Lipinski definition) is 5. The van der Waals surface area contributed by atoms with Gasteiger partial charge in [0.05, 0.1) is 16.1 Å². The number of rotatable bonds is 6. The Hall–Kier alpha value is -3.26. The van der Waals surface area contributed by atoms with Crippen LogP contribution in [0.4, 0.5) is 5.69 Å². The molecule has 0 radical (unpaired) electrons. The third kappa shape index (κ3) is 4.82. The number of aromatic amines is 1. The van der Waals surface area contributed by atoms with Gasteiger partial charge in [-0.3, -0.25) is 14.8 Å². The number of nitrogens with zero attached hydrogens (tertiary/aromatic N) is 2. The highest BCUT2D eigenvalue weighted by Gasteiger charge is 2.19. The molecule has 1 aliphatic heterocycles. The molecular weight excluding hydrogens is 442 g/mol. The standard InChI is InChI=1S/C27H29N5OS/c1-18-11-14-34-26(18)27(33)29-25-15-20(17-32-13-12-28-16-19(32)2)7-8-21(25)9-10-24-22-5-3-4-6-23(22)30-31-24/h3-11,14-15,19,28H,12-13,16-17H2,1-2H3,(H,29,33)(H,30,31)/t19-/m0/s1. The molecule has 0 aliphatic carbocycles. The number of thiophene rings is 1. The number of piperazine rings is 1. The van der Waals surface area contributed by atoms with Crippen molar-refractivity contribution in [1.82, 2.24) is 20.4 Å². The van der Waals surface area contributed by atoms with Crippen LogP contribution >= 0.6 is 11.3 Å². The van der Waals surface area contributed by atoms with Gasteiger partial charge >= 0.3 is 0 Å². The molecular formula is C27H29N5OS. The molecule has 1 fully saturated rings. The van der Waals surface area contributed by atoms with Crippen molar-refractivity contribution >= 4 is 46.0 Å². The predicted molar refractivity (Wildman–Crippen MR) is 141 cm³/mol. The van der Waals surface area contributed by atoms with E-state index >= 15 is 0 Å². The summed E-state index contributed by atoms with van der Waals surface area (Å²) in [5, 5.41) is 17.2. The Kier molecular flexibility index (Phi) is 6.58. The molecule has 1 aliphatic rings. The summed E-state index contributed by atoms with van der Waals surface area (Å²) in [5.74, 6) is -0.0694. The third-order valence-corrected chi connectivity index (χ3v) is 7.39. The van der Waals surface area contributed by atoms with E-state index in [2.05, 4.69) is 56.9 Å². The summed E-state index contributed by atoms with van der Waals surface area (Å²) in [7, 11) is 0. The van der Waals surface area contributed by atoms with Crippen LogP contribution in [0.15, 0.2) is 53.9 Å². The van der Waals surface area contributed by atoms with Gasteiger partial charge in [0.1, 0.15) is 0 Å². The zero-order valence-electron chi connectivity index (χ0n) is 19.5. The maximum absolute atomic E-state index is 13.0. The summed E-state index contributed by atoms with van der Waals surface area (Å²) >= 11 is 1.47. The lowest BCUT2D eigenvalue weighted by molar-refractivity contribution is 0.103. The number of aryl methyl sites for hydroxylation is 1. The first-order chi connectivity index (χ1) is 16.6. The van der Waals surface area contributed by atoms with Gasteiger partial charge in [0.25, 0.3) is 5.91 Å². The van der Waals surface area contributed by atoms with Gasteiger partial charge in [-0.25, -0.2) is 0 Å². The largest absolute Gasteiger partial charge is 0.321 e. The van der Waals surface area contributed by atoms with E-state index in [0.29, 0.717) is 6.04 Å². The molecule has 5 rings (SSSR count). The first-order valence-electron chi connectivity index (χ1n) is 11.6. The third-order valence-electron chi connectivity index (χ3n) is 6.38. The van der Waals surface area contributed by atoms with Crippen LogP contribution in [0.2, 0.25) is 0 Å². The van der Waals surface area contributed by atoms with Crippen molar-refractivity contribution in [3.8, 4) is 0 Å². The molecule has 2 aromatic carbocycles. The first-order valence-corrected chi connectivity index (χ1v) is 12.5. The number of carbonyl (C=O) groups excluding carboxylic acids is 1. The van der Waals surface area contributed by atoms with Crippen LogP contribution in [-0.4, -0.2) is 46.7 Å². The van der Waals surface area contributed by atoms with Gasteiger partial charge in [0.15, 0.2) is 0 Å². The lowest BCUT2D eigenvalue weighted by Crippen LogP contribution is -2.49. The lowest BCUT2D eigenvalue weighted by Gasteiger charge is -2.34. The maximum atomic E-state index is 13.0. The van der Waals surface area contributed by atoms with Gasteiger partial charge in [-0.1, -0.05) is 36.4 Å². The number of carbonyl (C=O) groups is 1. The highest BCUT2D eigenvalue weighted by molar-refractivity contribution is 7.12. The number of aromatic nitrogens is 2. The fourth-order valence-electron chi connectivity index (χ4n) is 4.37. The number of para-hydroxylation sites is 1. The number of H-pyrrole nitrogens is 1. The van der Waals surface area contributed by atoms with Crippen LogP contribution in [0.5, 0.6) is 0 Å². The van der Waals surface area contributed by atoms with E-state index in [0.717, 1.165) is 64.5 Å². The predicted octanol–water partition coefficient (Wildman–Crippen LogP) is 5.15. The number of fused-ring (bicyclic) bond motifs is 1. The molecule has 0 bridgehead atoms. The fraction of sp³-hybridized carbons (Fsp3) is 0.259. The minimum absolute atomic E-state index is 0.0694. The van der Waals surface area contributed by atoms with Gasteiger partial charge in [-0.15, -0.1) is 11.3 Å². The van der Waals surface area contributed by atoms with Gasteiger partial charge in [-0.05, 0) is 60.2 Å². The van der Waals surface area contributed by atoms with Crippen molar-refractivity contribution in [3.05, 3.63) is 81.2 Å². The summed E-state index contributed by atoms with van der Waals surface area (Å²) in [6.45, 7) is 8.10. The number of hydrogen-bond donors (Lipinski definition) is 3. The molecule has 3 heterocycles. The van der Waals surface area contributed by atoms with Crippen molar-refractivity contribution in [2.45, 2.75) is 26.4 Å². The zero-order chi connectivity index (χ0) is 23.5. The van der Waals surface area contributed by atoms with Crippen molar-refractivity contribution in [2.75, 3.05) is 25.0 Å². The van der Waals surface area contributed by atoms with Crippen molar-refractivity contribution in [1.29, 1.82) is 0 Å². The second kappa shape index (κ2) is 9.93. The molecule has 1 saturated heterocycles. The summed E-state index contributed by atoms with van der Waals surface area (Å²) in [6, 6.07) is 16.9. The monoisotopic (exact) mass is 471 g/mol. The normalized spacial score (nSPS) is 16.9. The van der Waals surface area contributed by atoms with Gasteiger partial charge < -0.3 is 10.6 Å². The molecule has 0 saturated carbocycles. The molecule has 1 amide bonds. The minimum Gasteiger partial charge on any atom is -0.321 e. The van der Waals surface area contributed by atoms with Crippen molar-refractivity contribution in [2.24, 2.45) is 0 Å². The molecule has 0 spiro atoms. The number of amides is 1. The van der Waals surface area contributed by atoms with Crippen LogP contribution in [0.3, 0.4) is 0 Å². The topological polar surface area (TPSA) is 73.1 Å². The molecule has 3 N–H and O–H groups in total. The van der Waals surface area contributed by atoms with Crippen LogP contribution in [0.1, 0.15) is 39.0 Å². The minimum atomic E-state index is -0.0694. The van der Waals surface area contributed by atoms with Crippen molar-refractivity contribution in [3.63, 3.8) is 0 Å². The van der Waals surface area contributed by atoms with E-state index in [-0.39, 0.29) is 5.91 Å². The maximum Gasteiger partial charge on any atom is 0.266 e. The van der Waals surface area contributed by atoms with Crippen LogP contribution in [-0.2, 0) is 6.54 Å². The van der Waals surface area contributed by atoms with E-state index in [4.69, 9.17) is 0 Å². The fourth-order valence-corrected chi connectivity index (χ4v) is 5.19.